The summed E-state index contributed by atoms with van der Waals surface area (Å²) in [5.41, 5.74) is 2.21. The molecule has 16 heteroatoms. The average Bonchev–Trinajstić information content (AvgIpc) is 3.49. The lowest BCUT2D eigenvalue weighted by Crippen LogP contribution is -2.33. The first kappa shape index (κ1) is 32.3. The normalized spacial score (nSPS) is 13.5. The molecule has 0 unspecified atom stereocenters. The molecule has 0 bridgehead atoms. The van der Waals surface area contributed by atoms with Crippen molar-refractivity contribution in [1.29, 1.82) is 0 Å². The Bertz CT molecular complexity index is 1200. The number of furan rings is 1. The fourth-order valence-corrected chi connectivity index (χ4v) is 3.42. The Labute approximate surface area is 223 Å². The lowest BCUT2D eigenvalue weighted by Gasteiger charge is -2.27. The molecule has 0 aliphatic carbocycles. The highest BCUT2D eigenvalue weighted by Gasteiger charge is 2.38. The third-order valence-corrected chi connectivity index (χ3v) is 5.17. The second-order valence-electron chi connectivity index (χ2n) is 8.54. The Hall–Kier alpha value is -3.92. The van der Waals surface area contributed by atoms with Gasteiger partial charge in [0.15, 0.2) is 0 Å². The summed E-state index contributed by atoms with van der Waals surface area (Å²) in [7, 11) is 2.07. The molecule has 0 spiro atoms. The fraction of sp³-hybridized carbons (Fsp3) is 0.375. The first-order valence-electron chi connectivity index (χ1n) is 11.4. The quantitative estimate of drug-likeness (QED) is 0.408. The monoisotopic (exact) mass is 582 g/mol. The van der Waals surface area contributed by atoms with E-state index in [1.165, 1.54) is 12.1 Å². The van der Waals surface area contributed by atoms with Crippen LogP contribution in [0.4, 0.5) is 30.7 Å². The number of rotatable bonds is 6. The van der Waals surface area contributed by atoms with Gasteiger partial charge in [0.1, 0.15) is 17.4 Å². The third-order valence-electron chi connectivity index (χ3n) is 5.17. The van der Waals surface area contributed by atoms with Crippen molar-refractivity contribution in [3.63, 3.8) is 0 Å². The van der Waals surface area contributed by atoms with E-state index in [9.17, 15) is 30.7 Å². The number of carboxylic acid groups (broad SMARTS) is 2. The standard InChI is InChI=1S/C20H23FN4O.2C2HF3O2/c1-23(14-19-3-2-10-26-19)12-18-13-25-9-8-24(15-20(25)22-18)11-16-4-6-17(21)7-5-16;2*3-2(4,5)1(6)7/h2-7,10,13H,8-9,11-12,14-15H2,1H3;2*(H,6,7). The number of hydrogen-bond acceptors (Lipinski definition) is 6. The van der Waals surface area contributed by atoms with Gasteiger partial charge in [0, 0.05) is 32.4 Å². The molecule has 4 rings (SSSR count). The summed E-state index contributed by atoms with van der Waals surface area (Å²) in [6.07, 6.45) is -6.31. The van der Waals surface area contributed by atoms with Crippen LogP contribution < -0.4 is 0 Å². The summed E-state index contributed by atoms with van der Waals surface area (Å²) < 4.78 is 84.2. The predicted molar refractivity (Wildman–Crippen MR) is 124 cm³/mol. The molecule has 1 aromatic carbocycles. The molecule has 0 amide bonds. The molecule has 0 atom stereocenters. The number of carbonyl (C=O) groups is 2. The first-order valence-corrected chi connectivity index (χ1v) is 11.4. The maximum atomic E-state index is 13.1. The maximum absolute atomic E-state index is 13.1. The molecule has 3 aromatic rings. The summed E-state index contributed by atoms with van der Waals surface area (Å²) in [5.74, 6) is -3.65. The van der Waals surface area contributed by atoms with E-state index in [0.717, 1.165) is 62.1 Å². The van der Waals surface area contributed by atoms with Crippen molar-refractivity contribution in [3.05, 3.63) is 77.5 Å². The van der Waals surface area contributed by atoms with Crippen LogP contribution in [0.3, 0.4) is 0 Å². The SMILES string of the molecule is CN(Cc1cn2c(n1)CN(Cc1ccc(F)cc1)CC2)Cc1ccco1.O=C(O)C(F)(F)F.O=C(O)C(F)(F)F. The van der Waals surface area contributed by atoms with E-state index in [4.69, 9.17) is 29.2 Å². The Balaban J connectivity index is 0.000000333. The van der Waals surface area contributed by atoms with Gasteiger partial charge >= 0.3 is 24.3 Å². The molecule has 0 radical (unpaired) electrons. The summed E-state index contributed by atoms with van der Waals surface area (Å²) >= 11 is 0. The van der Waals surface area contributed by atoms with Crippen LogP contribution in [0.5, 0.6) is 0 Å². The molecule has 1 aliphatic rings. The zero-order valence-electron chi connectivity index (χ0n) is 20.9. The van der Waals surface area contributed by atoms with Gasteiger partial charge in [-0.05, 0) is 36.9 Å². The highest BCUT2D eigenvalue weighted by molar-refractivity contribution is 5.73. The minimum absolute atomic E-state index is 0.189. The third kappa shape index (κ3) is 11.1. The minimum atomic E-state index is -5.08. The molecule has 220 valence electrons. The summed E-state index contributed by atoms with van der Waals surface area (Å²) in [5, 5.41) is 14.2. The molecule has 1 aliphatic heterocycles. The van der Waals surface area contributed by atoms with Gasteiger partial charge < -0.3 is 19.2 Å². The van der Waals surface area contributed by atoms with E-state index in [0.29, 0.717) is 0 Å². The van der Waals surface area contributed by atoms with Gasteiger partial charge in [0.25, 0.3) is 0 Å². The topological polar surface area (TPSA) is 112 Å². The van der Waals surface area contributed by atoms with Crippen LogP contribution in [0.2, 0.25) is 0 Å². The van der Waals surface area contributed by atoms with Gasteiger partial charge in [-0.3, -0.25) is 9.80 Å². The highest BCUT2D eigenvalue weighted by atomic mass is 19.4. The van der Waals surface area contributed by atoms with E-state index in [2.05, 4.69) is 27.6 Å². The van der Waals surface area contributed by atoms with Crippen molar-refractivity contribution in [3.8, 4) is 0 Å². The number of imidazole rings is 1. The number of benzene rings is 1. The summed E-state index contributed by atoms with van der Waals surface area (Å²) in [6, 6.07) is 10.6. The number of halogens is 7. The lowest BCUT2D eigenvalue weighted by molar-refractivity contribution is -0.193. The molecule has 40 heavy (non-hydrogen) atoms. The van der Waals surface area contributed by atoms with E-state index in [1.807, 2.05) is 24.3 Å². The van der Waals surface area contributed by atoms with Crippen LogP contribution >= 0.6 is 0 Å². The zero-order valence-corrected chi connectivity index (χ0v) is 20.9. The van der Waals surface area contributed by atoms with E-state index in [1.54, 1.807) is 6.26 Å². The second kappa shape index (κ2) is 13.9. The Morgan fingerprint density at radius 1 is 0.975 bits per heavy atom. The van der Waals surface area contributed by atoms with Crippen LogP contribution in [0.1, 0.15) is 22.8 Å². The van der Waals surface area contributed by atoms with Crippen molar-refractivity contribution >= 4 is 11.9 Å². The van der Waals surface area contributed by atoms with Crippen molar-refractivity contribution in [2.24, 2.45) is 0 Å². The predicted octanol–water partition coefficient (Wildman–Crippen LogP) is 4.53. The molecule has 2 aromatic heterocycles. The van der Waals surface area contributed by atoms with Gasteiger partial charge in [0.05, 0.1) is 25.0 Å². The van der Waals surface area contributed by atoms with E-state index >= 15 is 0 Å². The Morgan fingerprint density at radius 3 is 2.05 bits per heavy atom. The van der Waals surface area contributed by atoms with Gasteiger partial charge in [-0.25, -0.2) is 19.0 Å². The highest BCUT2D eigenvalue weighted by Crippen LogP contribution is 2.17. The number of carboxylic acids is 2. The van der Waals surface area contributed by atoms with Crippen molar-refractivity contribution in [2.45, 2.75) is 45.1 Å². The number of hydrogen-bond donors (Lipinski definition) is 2. The van der Waals surface area contributed by atoms with Crippen molar-refractivity contribution < 1.29 is 55.0 Å². The summed E-state index contributed by atoms with van der Waals surface area (Å²) in [4.78, 5) is 27.2. The zero-order chi connectivity index (χ0) is 30.1. The minimum Gasteiger partial charge on any atom is -0.475 e. The van der Waals surface area contributed by atoms with Crippen molar-refractivity contribution in [1.82, 2.24) is 19.4 Å². The van der Waals surface area contributed by atoms with Gasteiger partial charge in [-0.15, -0.1) is 0 Å². The molecule has 0 fully saturated rings. The van der Waals surface area contributed by atoms with Crippen LogP contribution in [0.15, 0.2) is 53.3 Å². The van der Waals surface area contributed by atoms with Crippen LogP contribution in [-0.2, 0) is 42.3 Å². The number of aromatic nitrogens is 2. The Kier molecular flexibility index (Phi) is 11.2. The fourth-order valence-electron chi connectivity index (χ4n) is 3.42. The van der Waals surface area contributed by atoms with E-state index in [-0.39, 0.29) is 5.82 Å². The molecule has 0 saturated carbocycles. The van der Waals surface area contributed by atoms with Gasteiger partial charge in [0.2, 0.25) is 0 Å². The first-order chi connectivity index (χ1) is 18.5. The lowest BCUT2D eigenvalue weighted by atomic mass is 10.2. The van der Waals surface area contributed by atoms with E-state index < -0.39 is 24.3 Å². The van der Waals surface area contributed by atoms with Crippen LogP contribution in [0, 0.1) is 5.82 Å². The second-order valence-corrected chi connectivity index (χ2v) is 8.54. The molecule has 0 saturated heterocycles. The van der Waals surface area contributed by atoms with Gasteiger partial charge in [-0.2, -0.15) is 26.3 Å². The van der Waals surface area contributed by atoms with Gasteiger partial charge in [-0.1, -0.05) is 12.1 Å². The average molecular weight is 582 g/mol. The van der Waals surface area contributed by atoms with Crippen LogP contribution in [0.25, 0.3) is 0 Å². The molecular weight excluding hydrogens is 557 g/mol. The smallest absolute Gasteiger partial charge is 0.475 e. The maximum Gasteiger partial charge on any atom is 0.490 e. The molecule has 2 N–H and O–H groups in total. The van der Waals surface area contributed by atoms with Crippen LogP contribution in [-0.4, -0.2) is 67.4 Å². The Morgan fingerprint density at radius 2 is 1.55 bits per heavy atom. The number of alkyl halides is 6. The molecule has 3 heterocycles. The molecule has 9 nitrogen and oxygen atoms in total. The summed E-state index contributed by atoms with van der Waals surface area (Å²) in [6.45, 7) is 5.11. The van der Waals surface area contributed by atoms with Crippen molar-refractivity contribution in [2.75, 3.05) is 13.6 Å². The molecular formula is C24H25F7N4O5. The number of aliphatic carboxylic acids is 2. The largest absolute Gasteiger partial charge is 0.490 e. The number of fused-ring (bicyclic) bond motifs is 1. The number of nitrogens with zero attached hydrogens (tertiary/aromatic N) is 4.